The van der Waals surface area contributed by atoms with Crippen molar-refractivity contribution in [2.75, 3.05) is 0 Å². The molecule has 0 saturated carbocycles. The molecule has 0 spiro atoms. The number of hydrogen-bond acceptors (Lipinski definition) is 5. The van der Waals surface area contributed by atoms with Gasteiger partial charge in [-0.2, -0.15) is 23.3 Å². The molecule has 0 radical (unpaired) electrons. The fraction of sp³-hybridized carbons (Fsp3) is 0.176. The van der Waals surface area contributed by atoms with E-state index >= 15 is 0 Å². The van der Waals surface area contributed by atoms with Crippen molar-refractivity contribution in [2.24, 2.45) is 5.10 Å². The average molecular weight is 458 g/mol. The Bertz CT molecular complexity index is 996. The molecule has 1 atom stereocenters. The van der Waals surface area contributed by atoms with Crippen LogP contribution in [-0.2, 0) is 0 Å². The normalized spacial score (nSPS) is 19.5. The summed E-state index contributed by atoms with van der Waals surface area (Å²) in [6.07, 6.45) is -6.19. The maximum absolute atomic E-state index is 13.6. The van der Waals surface area contributed by atoms with E-state index in [4.69, 9.17) is 0 Å². The first-order valence-electron chi connectivity index (χ1n) is 7.74. The SMILES string of the molecule is O=C(c1cccc([N+](=O)[O-])c1)N1N=C(c2cccc(Br)c2)CC1(O)C(F)(F)F. The van der Waals surface area contributed by atoms with Gasteiger partial charge >= 0.3 is 6.18 Å². The summed E-state index contributed by atoms with van der Waals surface area (Å²) in [5, 5.41) is 24.8. The lowest BCUT2D eigenvalue weighted by atomic mass is 10.0. The van der Waals surface area contributed by atoms with Crippen LogP contribution in [0.1, 0.15) is 22.3 Å². The van der Waals surface area contributed by atoms with Crippen molar-refractivity contribution in [1.82, 2.24) is 5.01 Å². The van der Waals surface area contributed by atoms with Crippen LogP contribution in [0.4, 0.5) is 18.9 Å². The summed E-state index contributed by atoms with van der Waals surface area (Å²) in [5.41, 5.74) is -4.33. The Kier molecular flexibility index (Phi) is 4.98. The van der Waals surface area contributed by atoms with Crippen molar-refractivity contribution >= 4 is 33.2 Å². The molecular weight excluding hydrogens is 447 g/mol. The maximum atomic E-state index is 13.6. The second-order valence-electron chi connectivity index (χ2n) is 5.97. The summed E-state index contributed by atoms with van der Waals surface area (Å²) in [4.78, 5) is 22.7. The van der Waals surface area contributed by atoms with Crippen molar-refractivity contribution in [3.63, 3.8) is 0 Å². The first-order valence-corrected chi connectivity index (χ1v) is 8.54. The number of nitrogens with zero attached hydrogens (tertiary/aromatic N) is 3. The molecule has 28 heavy (non-hydrogen) atoms. The van der Waals surface area contributed by atoms with E-state index < -0.39 is 40.4 Å². The summed E-state index contributed by atoms with van der Waals surface area (Å²) in [5.74, 6) is -1.31. The first kappa shape index (κ1) is 20.0. The number of carbonyl (C=O) groups excluding carboxylic acids is 1. The molecule has 7 nitrogen and oxygen atoms in total. The van der Waals surface area contributed by atoms with Gasteiger partial charge in [-0.1, -0.05) is 34.1 Å². The average Bonchev–Trinajstić information content (AvgIpc) is 3.00. The van der Waals surface area contributed by atoms with Crippen LogP contribution in [0.25, 0.3) is 0 Å². The Hall–Kier alpha value is -2.79. The van der Waals surface area contributed by atoms with E-state index in [1.54, 1.807) is 12.1 Å². The van der Waals surface area contributed by atoms with Crippen LogP contribution in [0, 0.1) is 10.1 Å². The Labute approximate surface area is 164 Å². The van der Waals surface area contributed by atoms with Crippen LogP contribution >= 0.6 is 15.9 Å². The van der Waals surface area contributed by atoms with Gasteiger partial charge in [-0.15, -0.1) is 0 Å². The van der Waals surface area contributed by atoms with E-state index in [-0.39, 0.29) is 16.3 Å². The molecule has 11 heteroatoms. The summed E-state index contributed by atoms with van der Waals surface area (Å²) < 4.78 is 41.4. The Balaban J connectivity index is 2.07. The quantitative estimate of drug-likeness (QED) is 0.558. The first-order chi connectivity index (χ1) is 13.0. The minimum Gasteiger partial charge on any atom is -0.362 e. The van der Waals surface area contributed by atoms with Crippen LogP contribution in [0.15, 0.2) is 58.1 Å². The smallest absolute Gasteiger partial charge is 0.362 e. The monoisotopic (exact) mass is 457 g/mol. The molecule has 3 rings (SSSR count). The van der Waals surface area contributed by atoms with E-state index in [0.717, 1.165) is 24.3 Å². The Morgan fingerprint density at radius 2 is 1.93 bits per heavy atom. The van der Waals surface area contributed by atoms with Gasteiger partial charge in [0, 0.05) is 22.2 Å². The molecule has 2 aromatic carbocycles. The van der Waals surface area contributed by atoms with Crippen LogP contribution in [0.3, 0.4) is 0 Å². The van der Waals surface area contributed by atoms with Crippen LogP contribution in [-0.4, -0.2) is 38.6 Å². The van der Waals surface area contributed by atoms with E-state index in [1.165, 1.54) is 12.1 Å². The number of carbonyl (C=O) groups is 1. The molecule has 2 aromatic rings. The number of hydrazone groups is 1. The van der Waals surface area contributed by atoms with Crippen LogP contribution in [0.5, 0.6) is 0 Å². The lowest BCUT2D eigenvalue weighted by Crippen LogP contribution is -2.56. The van der Waals surface area contributed by atoms with Gasteiger partial charge in [0.25, 0.3) is 17.3 Å². The highest BCUT2D eigenvalue weighted by Gasteiger charge is 2.63. The summed E-state index contributed by atoms with van der Waals surface area (Å²) >= 11 is 3.20. The van der Waals surface area contributed by atoms with Crippen LogP contribution < -0.4 is 0 Å². The van der Waals surface area contributed by atoms with Gasteiger partial charge in [-0.3, -0.25) is 14.9 Å². The molecule has 0 aromatic heterocycles. The fourth-order valence-corrected chi connectivity index (χ4v) is 3.08. The minimum absolute atomic E-state index is 0.0672. The Morgan fingerprint density at radius 1 is 1.25 bits per heavy atom. The third kappa shape index (κ3) is 3.50. The minimum atomic E-state index is -5.21. The number of benzene rings is 2. The van der Waals surface area contributed by atoms with E-state index in [2.05, 4.69) is 21.0 Å². The molecule has 1 unspecified atom stereocenters. The molecule has 1 amide bonds. The van der Waals surface area contributed by atoms with Crippen molar-refractivity contribution in [2.45, 2.75) is 18.3 Å². The molecule has 1 aliphatic rings. The molecule has 0 saturated heterocycles. The highest BCUT2D eigenvalue weighted by atomic mass is 79.9. The molecule has 0 bridgehead atoms. The molecule has 0 fully saturated rings. The number of halogens is 4. The molecule has 1 heterocycles. The third-order valence-corrected chi connectivity index (χ3v) is 4.59. The predicted octanol–water partition coefficient (Wildman–Crippen LogP) is 3.86. The Morgan fingerprint density at radius 3 is 2.54 bits per heavy atom. The van der Waals surface area contributed by atoms with Gasteiger partial charge in [-0.05, 0) is 23.8 Å². The summed E-state index contributed by atoms with van der Waals surface area (Å²) in [7, 11) is 0. The van der Waals surface area contributed by atoms with Gasteiger partial charge in [0.05, 0.1) is 17.1 Å². The van der Waals surface area contributed by atoms with Crippen molar-refractivity contribution < 1.29 is 28.0 Å². The van der Waals surface area contributed by atoms with Gasteiger partial charge in [0.1, 0.15) is 0 Å². The summed E-state index contributed by atoms with van der Waals surface area (Å²) in [6.45, 7) is 0. The number of amides is 1. The van der Waals surface area contributed by atoms with Gasteiger partial charge in [0.2, 0.25) is 0 Å². The molecule has 1 aliphatic heterocycles. The number of nitro groups is 1. The van der Waals surface area contributed by atoms with E-state index in [0.29, 0.717) is 4.47 Å². The number of hydrogen-bond donors (Lipinski definition) is 1. The maximum Gasteiger partial charge on any atom is 0.438 e. The van der Waals surface area contributed by atoms with Crippen molar-refractivity contribution in [3.05, 3.63) is 74.2 Å². The third-order valence-electron chi connectivity index (χ3n) is 4.09. The fourth-order valence-electron chi connectivity index (χ4n) is 2.68. The van der Waals surface area contributed by atoms with Gasteiger partial charge in [0.15, 0.2) is 0 Å². The molecule has 0 aliphatic carbocycles. The largest absolute Gasteiger partial charge is 0.438 e. The number of alkyl halides is 3. The molecular formula is C17H11BrF3N3O4. The number of rotatable bonds is 3. The van der Waals surface area contributed by atoms with Gasteiger partial charge in [-0.25, -0.2) is 0 Å². The molecule has 146 valence electrons. The number of aliphatic hydroxyl groups is 1. The topological polar surface area (TPSA) is 96.0 Å². The van der Waals surface area contributed by atoms with Crippen molar-refractivity contribution in [3.8, 4) is 0 Å². The predicted molar refractivity (Wildman–Crippen MR) is 95.6 cm³/mol. The highest BCUT2D eigenvalue weighted by molar-refractivity contribution is 9.10. The zero-order chi connectivity index (χ0) is 20.7. The van der Waals surface area contributed by atoms with Crippen LogP contribution in [0.2, 0.25) is 0 Å². The zero-order valence-electron chi connectivity index (χ0n) is 13.9. The second-order valence-corrected chi connectivity index (χ2v) is 6.89. The lowest BCUT2D eigenvalue weighted by molar-refractivity contribution is -0.384. The second kappa shape index (κ2) is 6.99. The van der Waals surface area contributed by atoms with Crippen molar-refractivity contribution in [1.29, 1.82) is 0 Å². The standard InChI is InChI=1S/C17H11BrF3N3O4/c18-12-5-1-3-10(7-12)14-9-16(26,17(19,20)21)23(22-14)15(25)11-4-2-6-13(8-11)24(27)28/h1-8,26H,9H2. The summed E-state index contributed by atoms with van der Waals surface area (Å²) in [6, 6.07) is 10.4. The van der Waals surface area contributed by atoms with Gasteiger partial charge < -0.3 is 5.11 Å². The highest BCUT2D eigenvalue weighted by Crippen LogP contribution is 2.42. The zero-order valence-corrected chi connectivity index (χ0v) is 15.4. The molecule has 1 N–H and O–H groups in total. The number of non-ortho nitro benzene ring substituents is 1. The van der Waals surface area contributed by atoms with E-state index in [1.807, 2.05) is 0 Å². The number of nitro benzene ring substituents is 1. The van der Waals surface area contributed by atoms with E-state index in [9.17, 15) is 33.2 Å². The lowest BCUT2D eigenvalue weighted by Gasteiger charge is -2.32.